The van der Waals surface area contributed by atoms with Crippen LogP contribution >= 0.6 is 59.6 Å². The van der Waals surface area contributed by atoms with E-state index >= 15 is 0 Å². The molecule has 1 amide bonds. The minimum Gasteiger partial charge on any atom is -0.459 e. The molecule has 2 fully saturated rings. The molecule has 0 radical (unpaired) electrons. The van der Waals surface area contributed by atoms with Crippen molar-refractivity contribution in [1.29, 1.82) is 0 Å². The first-order valence-corrected chi connectivity index (χ1v) is 10.4. The van der Waals surface area contributed by atoms with Gasteiger partial charge in [0.1, 0.15) is 18.0 Å². The zero-order valence-electron chi connectivity index (χ0n) is 12.2. The Hall–Kier alpha value is -0.0500. The van der Waals surface area contributed by atoms with Crippen LogP contribution in [0.15, 0.2) is 30.3 Å². The fourth-order valence-electron chi connectivity index (χ4n) is 2.71. The summed E-state index contributed by atoms with van der Waals surface area (Å²) in [7, 11) is 0. The number of nitrogens with zero attached hydrogens (tertiary/aromatic N) is 1. The molecule has 0 spiro atoms. The number of halogens is 3. The maximum atomic E-state index is 12.6. The van der Waals surface area contributed by atoms with Crippen molar-refractivity contribution >= 4 is 71.4 Å². The third kappa shape index (κ3) is 3.12. The van der Waals surface area contributed by atoms with Crippen LogP contribution in [0.25, 0.3) is 0 Å². The number of benzene rings is 1. The van der Waals surface area contributed by atoms with Crippen molar-refractivity contribution in [2.24, 2.45) is 0 Å². The number of ether oxygens (including phenoxy) is 1. The van der Waals surface area contributed by atoms with E-state index in [9.17, 15) is 9.59 Å². The Kier molecular flexibility index (Phi) is 4.90. The highest BCUT2D eigenvalue weighted by atomic mass is 79.9. The molecule has 1 aromatic rings. The summed E-state index contributed by atoms with van der Waals surface area (Å²) in [5.41, 5.74) is 0.920. The molecule has 8 heteroatoms. The van der Waals surface area contributed by atoms with Crippen LogP contribution in [-0.2, 0) is 20.9 Å². The van der Waals surface area contributed by atoms with Gasteiger partial charge in [0.05, 0.1) is 4.32 Å². The summed E-state index contributed by atoms with van der Waals surface area (Å²) in [6.45, 7) is 2.12. The number of fused-ring (bicyclic) bond motifs is 1. The summed E-state index contributed by atoms with van der Waals surface area (Å²) < 4.78 is 4.16. The Balaban J connectivity index is 1.75. The fourth-order valence-corrected chi connectivity index (χ4v) is 6.49. The Labute approximate surface area is 164 Å². The number of carbonyl (C=O) groups excluding carboxylic acids is 2. The number of esters is 1. The summed E-state index contributed by atoms with van der Waals surface area (Å²) in [5.74, 6) is 0.162. The van der Waals surface area contributed by atoms with Crippen molar-refractivity contribution in [1.82, 2.24) is 4.90 Å². The van der Waals surface area contributed by atoms with Crippen LogP contribution in [0.2, 0.25) is 0 Å². The van der Waals surface area contributed by atoms with E-state index in [4.69, 9.17) is 4.74 Å². The summed E-state index contributed by atoms with van der Waals surface area (Å²) in [5, 5.41) is -0.130. The van der Waals surface area contributed by atoms with Crippen LogP contribution in [0, 0.1) is 0 Å². The molecule has 1 unspecified atom stereocenters. The van der Waals surface area contributed by atoms with Gasteiger partial charge in [0.15, 0.2) is 3.23 Å². The number of thioether (sulfide) groups is 1. The molecule has 124 valence electrons. The summed E-state index contributed by atoms with van der Waals surface area (Å²) in [6, 6.07) is 8.86. The average molecular weight is 528 g/mol. The van der Waals surface area contributed by atoms with Gasteiger partial charge in [0.2, 0.25) is 0 Å². The van der Waals surface area contributed by atoms with Crippen LogP contribution < -0.4 is 0 Å². The standard InChI is InChI=1S/C15H14Br3NO3S/c1-14(16)8-23-13-15(17,18)12(21)19(13)10(14)11(20)22-7-9-5-3-2-4-6-9/h2-6,10,13H,7-8H2,1H3/t10-,13?,14+/m0/s1. The van der Waals surface area contributed by atoms with Crippen LogP contribution in [-0.4, -0.2) is 41.5 Å². The first kappa shape index (κ1) is 17.8. The first-order chi connectivity index (χ1) is 10.7. The maximum Gasteiger partial charge on any atom is 0.330 e. The highest BCUT2D eigenvalue weighted by molar-refractivity contribution is 9.26. The zero-order valence-corrected chi connectivity index (χ0v) is 17.7. The molecule has 0 aromatic heterocycles. The molecule has 2 aliphatic rings. The van der Waals surface area contributed by atoms with Crippen molar-refractivity contribution < 1.29 is 14.3 Å². The second-order valence-corrected chi connectivity index (χ2v) is 12.2. The summed E-state index contributed by atoms with van der Waals surface area (Å²) >= 11 is 12.0. The number of hydrogen-bond acceptors (Lipinski definition) is 4. The molecule has 23 heavy (non-hydrogen) atoms. The smallest absolute Gasteiger partial charge is 0.330 e. The van der Waals surface area contributed by atoms with E-state index < -0.39 is 13.6 Å². The second kappa shape index (κ2) is 6.35. The normalized spacial score (nSPS) is 32.0. The van der Waals surface area contributed by atoms with E-state index in [-0.39, 0.29) is 23.9 Å². The number of hydrogen-bond donors (Lipinski definition) is 0. The van der Waals surface area contributed by atoms with Gasteiger partial charge in [0.25, 0.3) is 5.91 Å². The third-order valence-electron chi connectivity index (χ3n) is 3.90. The number of alkyl halides is 3. The van der Waals surface area contributed by atoms with E-state index in [1.165, 1.54) is 0 Å². The fraction of sp³-hybridized carbons (Fsp3) is 0.467. The Morgan fingerprint density at radius 1 is 1.35 bits per heavy atom. The third-order valence-corrected chi connectivity index (χ3v) is 8.80. The molecule has 2 heterocycles. The van der Waals surface area contributed by atoms with Crippen molar-refractivity contribution in [2.75, 3.05) is 5.75 Å². The molecule has 1 aromatic carbocycles. The second-order valence-electron chi connectivity index (χ2n) is 5.77. The van der Waals surface area contributed by atoms with Crippen LogP contribution in [0.3, 0.4) is 0 Å². The molecule has 3 rings (SSSR count). The Morgan fingerprint density at radius 2 is 2.00 bits per heavy atom. The molecule has 0 saturated carbocycles. The predicted octanol–water partition coefficient (Wildman–Crippen LogP) is 3.65. The molecule has 0 N–H and O–H groups in total. The quantitative estimate of drug-likeness (QED) is 0.342. The Bertz CT molecular complexity index is 638. The molecule has 4 nitrogen and oxygen atoms in total. The van der Waals surface area contributed by atoms with Gasteiger partial charge in [-0.15, -0.1) is 11.8 Å². The van der Waals surface area contributed by atoms with Crippen molar-refractivity contribution in [3.8, 4) is 0 Å². The molecular weight excluding hydrogens is 514 g/mol. The molecule has 0 bridgehead atoms. The minimum absolute atomic E-state index is 0.130. The number of rotatable bonds is 3. The van der Waals surface area contributed by atoms with E-state index in [0.717, 1.165) is 5.56 Å². The molecule has 2 aliphatic heterocycles. The van der Waals surface area contributed by atoms with Crippen LogP contribution in [0.5, 0.6) is 0 Å². The summed E-state index contributed by atoms with van der Waals surface area (Å²) in [6.07, 6.45) is 0. The van der Waals surface area contributed by atoms with Gasteiger partial charge in [-0.25, -0.2) is 4.79 Å². The largest absolute Gasteiger partial charge is 0.459 e. The summed E-state index contributed by atoms with van der Waals surface area (Å²) in [4.78, 5) is 26.6. The van der Waals surface area contributed by atoms with Crippen LogP contribution in [0.4, 0.5) is 0 Å². The van der Waals surface area contributed by atoms with Crippen LogP contribution in [0.1, 0.15) is 12.5 Å². The lowest BCUT2D eigenvalue weighted by Crippen LogP contribution is -2.76. The molecule has 0 aliphatic carbocycles. The van der Waals surface area contributed by atoms with E-state index in [2.05, 4.69) is 47.8 Å². The number of carbonyl (C=O) groups is 2. The van der Waals surface area contributed by atoms with Gasteiger partial charge in [-0.1, -0.05) is 78.1 Å². The SMILES string of the molecule is C[C@@]1(Br)CSC2N(C(=O)C2(Br)Br)[C@H]1C(=O)OCc1ccccc1. The lowest BCUT2D eigenvalue weighted by Gasteiger charge is -2.58. The molecular formula is C15H14Br3NO3S. The predicted molar refractivity (Wildman–Crippen MR) is 101 cm³/mol. The van der Waals surface area contributed by atoms with Gasteiger partial charge in [-0.05, 0) is 12.5 Å². The Morgan fingerprint density at radius 3 is 2.65 bits per heavy atom. The van der Waals surface area contributed by atoms with Gasteiger partial charge in [-0.2, -0.15) is 0 Å². The number of amides is 1. The van der Waals surface area contributed by atoms with Crippen molar-refractivity contribution in [2.45, 2.75) is 32.5 Å². The topological polar surface area (TPSA) is 46.6 Å². The highest BCUT2D eigenvalue weighted by Gasteiger charge is 2.67. The molecule has 2 saturated heterocycles. The molecule has 3 atom stereocenters. The minimum atomic E-state index is -0.786. The highest BCUT2D eigenvalue weighted by Crippen LogP contribution is 2.56. The van der Waals surface area contributed by atoms with Crippen molar-refractivity contribution in [3.05, 3.63) is 35.9 Å². The van der Waals surface area contributed by atoms with Gasteiger partial charge < -0.3 is 9.64 Å². The van der Waals surface area contributed by atoms with E-state index in [0.29, 0.717) is 5.75 Å². The average Bonchev–Trinajstić information content (AvgIpc) is 2.52. The first-order valence-electron chi connectivity index (χ1n) is 6.97. The van der Waals surface area contributed by atoms with Crippen molar-refractivity contribution in [3.63, 3.8) is 0 Å². The van der Waals surface area contributed by atoms with Gasteiger partial charge >= 0.3 is 5.97 Å². The monoisotopic (exact) mass is 525 g/mol. The lowest BCUT2D eigenvalue weighted by atomic mass is 9.97. The van der Waals surface area contributed by atoms with E-state index in [1.54, 1.807) is 16.7 Å². The number of β-lactam (4-membered cyclic amide) rings is 1. The zero-order chi connectivity index (χ0) is 16.8. The lowest BCUT2D eigenvalue weighted by molar-refractivity contribution is -0.164. The maximum absolute atomic E-state index is 12.6. The van der Waals surface area contributed by atoms with Gasteiger partial charge in [-0.3, -0.25) is 4.79 Å². The van der Waals surface area contributed by atoms with E-state index in [1.807, 2.05) is 37.3 Å². The van der Waals surface area contributed by atoms with Gasteiger partial charge in [0, 0.05) is 5.75 Å².